The van der Waals surface area contributed by atoms with Crippen molar-refractivity contribution in [3.8, 4) is 34.2 Å². The Morgan fingerprint density at radius 1 is 0.957 bits per heavy atom. The molecule has 242 valence electrons. The number of aromatic nitrogens is 3. The number of benzene rings is 3. The van der Waals surface area contributed by atoms with Crippen molar-refractivity contribution in [2.75, 3.05) is 6.61 Å². The zero-order chi connectivity index (χ0) is 33.5. The highest BCUT2D eigenvalue weighted by atomic mass is 19.4. The molecular formula is C33H28F3N5O6. The van der Waals surface area contributed by atoms with Gasteiger partial charge in [0.1, 0.15) is 41.3 Å². The van der Waals surface area contributed by atoms with Gasteiger partial charge < -0.3 is 34.9 Å². The zero-order valence-corrected chi connectivity index (χ0v) is 24.6. The quantitative estimate of drug-likeness (QED) is 0.186. The fraction of sp³-hybridized carbons (Fsp3) is 0.242. The van der Waals surface area contributed by atoms with E-state index in [1.165, 1.54) is 12.1 Å². The van der Waals surface area contributed by atoms with Gasteiger partial charge in [-0.1, -0.05) is 24.3 Å². The largest absolute Gasteiger partial charge is 0.462 e. The minimum Gasteiger partial charge on any atom is -0.462 e. The number of rotatable bonds is 6. The lowest BCUT2D eigenvalue weighted by molar-refractivity contribution is -0.277. The van der Waals surface area contributed by atoms with E-state index in [0.717, 1.165) is 12.1 Å². The van der Waals surface area contributed by atoms with Crippen LogP contribution in [0.3, 0.4) is 0 Å². The van der Waals surface area contributed by atoms with Crippen LogP contribution in [0.5, 0.6) is 5.75 Å². The van der Waals surface area contributed by atoms with Crippen LogP contribution >= 0.6 is 0 Å². The third-order valence-electron chi connectivity index (χ3n) is 7.81. The number of nitrogens with one attached hydrogen (secondary N) is 1. The number of halogens is 3. The number of aliphatic hydroxyl groups excluding tert-OH is 4. The van der Waals surface area contributed by atoms with Crippen molar-refractivity contribution in [1.29, 1.82) is 5.26 Å². The second-order valence-corrected chi connectivity index (χ2v) is 10.9. The van der Waals surface area contributed by atoms with E-state index >= 15 is 0 Å². The molecule has 0 saturated carbocycles. The number of ether oxygens (including phenoxy) is 2. The van der Waals surface area contributed by atoms with Gasteiger partial charge in [0, 0.05) is 17.2 Å². The summed E-state index contributed by atoms with van der Waals surface area (Å²) in [6.07, 6.45) is -11.6. The van der Waals surface area contributed by atoms with Crippen molar-refractivity contribution in [3.63, 3.8) is 0 Å². The molecule has 2 aromatic heterocycles. The molecule has 11 nitrogen and oxygen atoms in total. The second-order valence-electron chi connectivity index (χ2n) is 10.9. The number of aliphatic hydroxyl groups is 4. The third kappa shape index (κ3) is 6.35. The van der Waals surface area contributed by atoms with Gasteiger partial charge in [0.05, 0.1) is 40.9 Å². The molecule has 47 heavy (non-hydrogen) atoms. The van der Waals surface area contributed by atoms with E-state index in [-0.39, 0.29) is 5.75 Å². The molecule has 5 unspecified atom stereocenters. The van der Waals surface area contributed by atoms with Gasteiger partial charge in [-0.2, -0.15) is 23.5 Å². The summed E-state index contributed by atoms with van der Waals surface area (Å²) in [6.45, 7) is 1.16. The zero-order valence-electron chi connectivity index (χ0n) is 24.6. The van der Waals surface area contributed by atoms with E-state index in [4.69, 9.17) is 14.5 Å². The molecule has 1 aliphatic rings. The minimum absolute atomic E-state index is 0.252. The average molecular weight is 648 g/mol. The Labute approximate surface area is 265 Å². The number of nitrogens with zero attached hydrogens (tertiary/aromatic N) is 4. The lowest BCUT2D eigenvalue weighted by Crippen LogP contribution is -2.60. The van der Waals surface area contributed by atoms with E-state index in [0.29, 0.717) is 50.5 Å². The van der Waals surface area contributed by atoms with Crippen molar-refractivity contribution in [2.24, 2.45) is 4.99 Å². The number of alkyl halides is 3. The standard InChI is InChI=1S/C33H28F3N5O6/c1-17-27(20-6-8-21(9-7-20)33(34,35)36)31-39-26(14-24(41(31)40-17)19-4-2-18(15-37)3-5-19)38-22-10-12-23(13-11-22)46-32-30(45)29(44)28(43)25(16-42)47-32/h2-14,25,28-30,32,42-45H,16H2,1H3,(H,38,39). The summed E-state index contributed by atoms with van der Waals surface area (Å²) in [5, 5.41) is 53.7. The van der Waals surface area contributed by atoms with Crippen molar-refractivity contribution in [2.45, 2.75) is 43.8 Å². The molecule has 5 aromatic rings. The van der Waals surface area contributed by atoms with Gasteiger partial charge in [0.2, 0.25) is 6.29 Å². The molecule has 1 aliphatic heterocycles. The Morgan fingerprint density at radius 2 is 1.62 bits per heavy atom. The molecule has 0 radical (unpaired) electrons. The summed E-state index contributed by atoms with van der Waals surface area (Å²) in [6, 6.07) is 21.8. The van der Waals surface area contributed by atoms with E-state index in [2.05, 4.69) is 16.2 Å². The first kappa shape index (κ1) is 31.9. The number of aromatic amines is 1. The Hall–Kier alpha value is -5.04. The number of aryl methyl sites for hydroxylation is 1. The van der Waals surface area contributed by atoms with E-state index in [9.17, 15) is 38.9 Å². The Bertz CT molecular complexity index is 2000. The summed E-state index contributed by atoms with van der Waals surface area (Å²) >= 11 is 0. The molecule has 1 saturated heterocycles. The maximum absolute atomic E-state index is 13.3. The first-order valence-corrected chi connectivity index (χ1v) is 14.4. The molecule has 14 heteroatoms. The highest BCUT2D eigenvalue weighted by Crippen LogP contribution is 2.34. The second kappa shape index (κ2) is 12.6. The highest BCUT2D eigenvalue weighted by molar-refractivity contribution is 5.81. The van der Waals surface area contributed by atoms with Crippen molar-refractivity contribution >= 4 is 11.3 Å². The minimum atomic E-state index is -4.48. The molecule has 3 aromatic carbocycles. The molecule has 0 bridgehead atoms. The lowest BCUT2D eigenvalue weighted by Gasteiger charge is -2.39. The predicted octanol–water partition coefficient (Wildman–Crippen LogP) is 3.61. The number of nitriles is 1. The van der Waals surface area contributed by atoms with Gasteiger partial charge in [0.15, 0.2) is 0 Å². The fourth-order valence-electron chi connectivity index (χ4n) is 5.36. The highest BCUT2D eigenvalue weighted by Gasteiger charge is 2.44. The van der Waals surface area contributed by atoms with Crippen LogP contribution in [0.2, 0.25) is 0 Å². The maximum atomic E-state index is 13.3. The van der Waals surface area contributed by atoms with Gasteiger partial charge in [-0.3, -0.25) is 0 Å². The Morgan fingerprint density at radius 3 is 2.23 bits per heavy atom. The number of hydrogen-bond acceptors (Lipinski definition) is 9. The van der Waals surface area contributed by atoms with Crippen molar-refractivity contribution in [1.82, 2.24) is 14.6 Å². The van der Waals surface area contributed by atoms with Crippen LogP contribution < -0.4 is 10.2 Å². The van der Waals surface area contributed by atoms with Gasteiger partial charge in [0.25, 0.3) is 0 Å². The third-order valence-corrected chi connectivity index (χ3v) is 7.81. The molecule has 1 fully saturated rings. The number of H-pyrrole nitrogens is 1. The summed E-state index contributed by atoms with van der Waals surface area (Å²) in [5.74, 6) is 0.252. The first-order chi connectivity index (χ1) is 22.5. The summed E-state index contributed by atoms with van der Waals surface area (Å²) in [4.78, 5) is 7.96. The van der Waals surface area contributed by atoms with Gasteiger partial charge in [-0.25, -0.2) is 9.51 Å². The van der Waals surface area contributed by atoms with Crippen molar-refractivity contribution < 1.29 is 43.1 Å². The SMILES string of the molecule is Cc1nn2c(-c3ccc(C#N)cc3)c/c(=N/c3ccc(OC4OC(CO)C(O)C(O)C4O)cc3)[nH]c2c1-c1ccc(C(F)(F)F)cc1. The van der Waals surface area contributed by atoms with Crippen LogP contribution in [0, 0.1) is 18.3 Å². The molecule has 0 amide bonds. The van der Waals surface area contributed by atoms with E-state index in [1.54, 1.807) is 66.0 Å². The molecule has 0 spiro atoms. The first-order valence-electron chi connectivity index (χ1n) is 14.4. The maximum Gasteiger partial charge on any atom is 0.416 e. The van der Waals surface area contributed by atoms with Gasteiger partial charge in [-0.05, 0) is 61.0 Å². The van der Waals surface area contributed by atoms with Crippen LogP contribution in [0.25, 0.3) is 28.0 Å². The molecule has 3 heterocycles. The van der Waals surface area contributed by atoms with Gasteiger partial charge in [-0.15, -0.1) is 0 Å². The van der Waals surface area contributed by atoms with Crippen LogP contribution in [-0.2, 0) is 10.9 Å². The molecule has 5 N–H and O–H groups in total. The van der Waals surface area contributed by atoms with E-state index < -0.39 is 49.1 Å². The Kier molecular flexibility index (Phi) is 8.58. The van der Waals surface area contributed by atoms with Crippen LogP contribution in [0.15, 0.2) is 83.9 Å². The lowest BCUT2D eigenvalue weighted by atomic mass is 9.99. The van der Waals surface area contributed by atoms with Crippen LogP contribution in [-0.4, -0.2) is 72.3 Å². The van der Waals surface area contributed by atoms with Crippen molar-refractivity contribution in [3.05, 3.63) is 101 Å². The smallest absolute Gasteiger partial charge is 0.416 e. The molecule has 0 aliphatic carbocycles. The summed E-state index contributed by atoms with van der Waals surface area (Å²) < 4.78 is 52.5. The normalized spacial score (nSPS) is 21.9. The monoisotopic (exact) mass is 647 g/mol. The molecule has 6 rings (SSSR count). The topological polar surface area (TPSA) is 169 Å². The predicted molar refractivity (Wildman–Crippen MR) is 161 cm³/mol. The average Bonchev–Trinajstić information content (AvgIpc) is 3.40. The molecular weight excluding hydrogens is 619 g/mol. The number of hydrogen-bond donors (Lipinski definition) is 5. The fourth-order valence-corrected chi connectivity index (χ4v) is 5.36. The van der Waals surface area contributed by atoms with Gasteiger partial charge >= 0.3 is 6.18 Å². The van der Waals surface area contributed by atoms with E-state index in [1.807, 2.05) is 0 Å². The summed E-state index contributed by atoms with van der Waals surface area (Å²) in [5.41, 5.74) is 3.99. The number of fused-ring (bicyclic) bond motifs is 1. The van der Waals surface area contributed by atoms with Crippen LogP contribution in [0.1, 0.15) is 16.8 Å². The molecule has 5 atom stereocenters. The Balaban J connectivity index is 1.40. The van der Waals surface area contributed by atoms with Crippen LogP contribution in [0.4, 0.5) is 18.9 Å². The summed E-state index contributed by atoms with van der Waals surface area (Å²) in [7, 11) is 0.